The Morgan fingerprint density at radius 1 is 1.14 bits per heavy atom. The first kappa shape index (κ1) is 26.0. The van der Waals surface area contributed by atoms with Crippen LogP contribution in [0.3, 0.4) is 0 Å². The van der Waals surface area contributed by atoms with Crippen LogP contribution in [0.25, 0.3) is 0 Å². The molecule has 194 valence electrons. The number of carbonyl (C=O) groups excluding carboxylic acids is 2. The van der Waals surface area contributed by atoms with Gasteiger partial charge in [0.1, 0.15) is 16.5 Å². The third-order valence-corrected chi connectivity index (χ3v) is 6.90. The Kier molecular flexibility index (Phi) is 7.97. The molecule has 37 heavy (non-hydrogen) atoms. The molecule has 0 aliphatic carbocycles. The summed E-state index contributed by atoms with van der Waals surface area (Å²) < 4.78 is 14.0. The van der Waals surface area contributed by atoms with Gasteiger partial charge in [0.2, 0.25) is 0 Å². The van der Waals surface area contributed by atoms with Gasteiger partial charge in [0.15, 0.2) is 0 Å². The molecule has 1 saturated heterocycles. The van der Waals surface area contributed by atoms with Gasteiger partial charge in [0.05, 0.1) is 17.2 Å². The van der Waals surface area contributed by atoms with Crippen LogP contribution in [0.2, 0.25) is 0 Å². The first-order valence-electron chi connectivity index (χ1n) is 11.8. The monoisotopic (exact) mass is 526 g/mol. The summed E-state index contributed by atoms with van der Waals surface area (Å²) in [7, 11) is 0. The van der Waals surface area contributed by atoms with Gasteiger partial charge in [-0.05, 0) is 38.1 Å². The van der Waals surface area contributed by atoms with Gasteiger partial charge in [0, 0.05) is 55.4 Å². The topological polar surface area (TPSA) is 112 Å². The number of hydrogen-bond acceptors (Lipinski definition) is 7. The summed E-state index contributed by atoms with van der Waals surface area (Å²) in [6, 6.07) is 11.7. The van der Waals surface area contributed by atoms with Crippen LogP contribution in [0, 0.1) is 15.9 Å². The number of nitrogens with zero attached hydrogens (tertiary/aromatic N) is 5. The number of aromatic nitrogens is 1. The van der Waals surface area contributed by atoms with Gasteiger partial charge >= 0.3 is 6.03 Å². The lowest BCUT2D eigenvalue weighted by Gasteiger charge is -2.35. The Balaban J connectivity index is 1.35. The van der Waals surface area contributed by atoms with Gasteiger partial charge in [-0.15, -0.1) is 11.3 Å². The number of non-ortho nitro benzene ring substituents is 1. The molecule has 1 N–H and O–H groups in total. The number of thiazole rings is 1. The van der Waals surface area contributed by atoms with E-state index in [1.807, 2.05) is 13.8 Å². The van der Waals surface area contributed by atoms with Crippen LogP contribution in [-0.2, 0) is 6.54 Å². The maximum Gasteiger partial charge on any atom is 0.322 e. The minimum Gasteiger partial charge on any atom is -0.368 e. The van der Waals surface area contributed by atoms with Gasteiger partial charge in [-0.1, -0.05) is 12.1 Å². The second-order valence-corrected chi connectivity index (χ2v) is 9.75. The van der Waals surface area contributed by atoms with Crippen molar-refractivity contribution >= 4 is 40.3 Å². The van der Waals surface area contributed by atoms with Gasteiger partial charge in [-0.2, -0.15) is 0 Å². The fraction of sp³-hybridized carbons (Fsp3) is 0.320. The smallest absolute Gasteiger partial charge is 0.322 e. The Morgan fingerprint density at radius 2 is 1.81 bits per heavy atom. The zero-order valence-electron chi connectivity index (χ0n) is 20.5. The Labute approximate surface area is 217 Å². The minimum atomic E-state index is -0.518. The van der Waals surface area contributed by atoms with E-state index in [-0.39, 0.29) is 29.9 Å². The number of urea groups is 1. The fourth-order valence-electron chi connectivity index (χ4n) is 3.98. The molecule has 4 rings (SSSR count). The van der Waals surface area contributed by atoms with E-state index in [1.165, 1.54) is 40.5 Å². The van der Waals surface area contributed by atoms with Crippen LogP contribution < -0.4 is 10.2 Å². The number of nitrogens with one attached hydrogen (secondary N) is 1. The maximum atomic E-state index is 14.0. The fourth-order valence-corrected chi connectivity index (χ4v) is 4.75. The second kappa shape index (κ2) is 11.3. The van der Waals surface area contributed by atoms with Gasteiger partial charge < -0.3 is 20.0 Å². The van der Waals surface area contributed by atoms with Crippen LogP contribution in [0.5, 0.6) is 0 Å². The Bertz CT molecular complexity index is 1270. The molecule has 0 spiro atoms. The van der Waals surface area contributed by atoms with E-state index < -0.39 is 16.8 Å². The third kappa shape index (κ3) is 6.20. The van der Waals surface area contributed by atoms with E-state index in [0.29, 0.717) is 36.9 Å². The predicted molar refractivity (Wildman–Crippen MR) is 139 cm³/mol. The summed E-state index contributed by atoms with van der Waals surface area (Å²) in [4.78, 5) is 46.1. The molecule has 1 aliphatic heterocycles. The van der Waals surface area contributed by atoms with Crippen molar-refractivity contribution in [3.8, 4) is 0 Å². The van der Waals surface area contributed by atoms with E-state index in [1.54, 1.807) is 34.5 Å². The molecule has 1 aliphatic rings. The van der Waals surface area contributed by atoms with E-state index in [0.717, 1.165) is 5.69 Å². The van der Waals surface area contributed by atoms with E-state index in [4.69, 9.17) is 0 Å². The molecule has 0 unspecified atom stereocenters. The number of rotatable bonds is 7. The highest BCUT2D eigenvalue weighted by atomic mass is 32.1. The molecule has 2 heterocycles. The molecule has 3 amide bonds. The SMILES string of the molecule is CC(C)N(Cc1nc(C(=O)N2CCN(c3ccc([N+](=O)[O-])cc3)CC2)cs1)C(=O)Nc1ccccc1F. The highest BCUT2D eigenvalue weighted by Gasteiger charge is 2.26. The molecule has 0 bridgehead atoms. The van der Waals surface area contributed by atoms with E-state index in [2.05, 4.69) is 15.2 Å². The van der Waals surface area contributed by atoms with Gasteiger partial charge in [-0.25, -0.2) is 14.2 Å². The van der Waals surface area contributed by atoms with Crippen molar-refractivity contribution in [2.75, 3.05) is 36.4 Å². The Hall–Kier alpha value is -4.06. The zero-order chi connectivity index (χ0) is 26.5. The largest absolute Gasteiger partial charge is 0.368 e. The molecular formula is C25H27FN6O4S. The van der Waals surface area contributed by atoms with Crippen LogP contribution >= 0.6 is 11.3 Å². The zero-order valence-corrected chi connectivity index (χ0v) is 21.3. The highest BCUT2D eigenvalue weighted by molar-refractivity contribution is 7.09. The lowest BCUT2D eigenvalue weighted by molar-refractivity contribution is -0.384. The lowest BCUT2D eigenvalue weighted by Crippen LogP contribution is -2.48. The number of para-hydroxylation sites is 1. The quantitative estimate of drug-likeness (QED) is 0.356. The number of benzene rings is 2. The van der Waals surface area contributed by atoms with Crippen molar-refractivity contribution in [2.45, 2.75) is 26.4 Å². The molecular weight excluding hydrogens is 499 g/mol. The van der Waals surface area contributed by atoms with Crippen LogP contribution in [0.1, 0.15) is 29.3 Å². The molecule has 0 saturated carbocycles. The summed E-state index contributed by atoms with van der Waals surface area (Å²) >= 11 is 1.30. The highest BCUT2D eigenvalue weighted by Crippen LogP contribution is 2.22. The average Bonchev–Trinajstić information content (AvgIpc) is 3.37. The van der Waals surface area contributed by atoms with E-state index in [9.17, 15) is 24.1 Å². The van der Waals surface area contributed by atoms with Crippen molar-refractivity contribution in [1.82, 2.24) is 14.8 Å². The summed E-state index contributed by atoms with van der Waals surface area (Å²) in [5, 5.41) is 15.7. The number of hydrogen-bond donors (Lipinski definition) is 1. The lowest BCUT2D eigenvalue weighted by atomic mass is 10.2. The molecule has 1 aromatic heterocycles. The Morgan fingerprint density at radius 3 is 2.43 bits per heavy atom. The van der Waals surface area contributed by atoms with Crippen molar-refractivity contribution < 1.29 is 18.9 Å². The summed E-state index contributed by atoms with van der Waals surface area (Å²) in [6.45, 7) is 6.06. The number of nitro benzene ring substituents is 1. The molecule has 1 fully saturated rings. The van der Waals surface area contributed by atoms with Crippen LogP contribution in [0.4, 0.5) is 26.2 Å². The van der Waals surface area contributed by atoms with Crippen molar-refractivity contribution in [3.63, 3.8) is 0 Å². The first-order chi connectivity index (χ1) is 17.7. The van der Waals surface area contributed by atoms with Crippen molar-refractivity contribution in [3.05, 3.63) is 80.5 Å². The summed E-state index contributed by atoms with van der Waals surface area (Å²) in [5.74, 6) is -0.701. The normalized spacial score (nSPS) is 13.5. The average molecular weight is 527 g/mol. The minimum absolute atomic E-state index is 0.0395. The van der Waals surface area contributed by atoms with Gasteiger partial charge in [-0.3, -0.25) is 14.9 Å². The van der Waals surface area contributed by atoms with E-state index >= 15 is 0 Å². The molecule has 10 nitrogen and oxygen atoms in total. The van der Waals surface area contributed by atoms with Crippen LogP contribution in [0.15, 0.2) is 53.9 Å². The molecule has 3 aromatic rings. The molecule has 12 heteroatoms. The predicted octanol–water partition coefficient (Wildman–Crippen LogP) is 4.60. The van der Waals surface area contributed by atoms with Gasteiger partial charge in [0.25, 0.3) is 11.6 Å². The van der Waals surface area contributed by atoms with Crippen molar-refractivity contribution in [1.29, 1.82) is 0 Å². The summed E-state index contributed by atoms with van der Waals surface area (Å²) in [6.07, 6.45) is 0. The maximum absolute atomic E-state index is 14.0. The molecule has 2 aromatic carbocycles. The third-order valence-electron chi connectivity index (χ3n) is 6.07. The number of piperazine rings is 1. The second-order valence-electron chi connectivity index (χ2n) is 8.81. The van der Waals surface area contributed by atoms with Crippen LogP contribution in [-0.4, -0.2) is 63.9 Å². The number of anilines is 2. The van der Waals surface area contributed by atoms with Crippen molar-refractivity contribution in [2.24, 2.45) is 0 Å². The molecule has 0 atom stereocenters. The standard InChI is InChI=1S/C25H27FN6O4S/c1-17(2)31(25(34)28-21-6-4-3-5-20(21)26)15-23-27-22(16-37-23)24(33)30-13-11-29(12-14-30)18-7-9-19(10-8-18)32(35)36/h3-10,16-17H,11-15H2,1-2H3,(H,28,34). The number of amides is 3. The number of nitro groups is 1. The summed E-state index contributed by atoms with van der Waals surface area (Å²) in [5.41, 5.74) is 1.33. The first-order valence-corrected chi connectivity index (χ1v) is 12.7. The number of halogens is 1. The number of carbonyl (C=O) groups is 2. The molecule has 0 radical (unpaired) electrons.